The monoisotopic (exact) mass is 168 g/mol. The number of aliphatic hydroxyl groups is 1. The van der Waals surface area contributed by atoms with Gasteiger partial charge in [0.15, 0.2) is 0 Å². The van der Waals surface area contributed by atoms with Crippen LogP contribution in [0.2, 0.25) is 5.15 Å². The Labute approximate surface area is 68.9 Å². The van der Waals surface area contributed by atoms with E-state index in [0.717, 1.165) is 0 Å². The van der Waals surface area contributed by atoms with Crippen molar-refractivity contribution in [2.45, 2.75) is 6.61 Å². The van der Waals surface area contributed by atoms with Crippen LogP contribution in [0.4, 0.5) is 0 Å². The van der Waals surface area contributed by atoms with Gasteiger partial charge in [-0.2, -0.15) is 5.26 Å². The first kappa shape index (κ1) is 7.99. The van der Waals surface area contributed by atoms with Crippen molar-refractivity contribution in [3.05, 3.63) is 28.5 Å². The summed E-state index contributed by atoms with van der Waals surface area (Å²) in [6, 6.07) is 3.37. The van der Waals surface area contributed by atoms with Crippen molar-refractivity contribution in [1.82, 2.24) is 4.98 Å². The van der Waals surface area contributed by atoms with E-state index in [-0.39, 0.29) is 11.8 Å². The molecule has 4 heteroatoms. The van der Waals surface area contributed by atoms with E-state index in [1.807, 2.05) is 6.07 Å². The van der Waals surface area contributed by atoms with Crippen LogP contribution in [-0.2, 0) is 6.61 Å². The van der Waals surface area contributed by atoms with Crippen molar-refractivity contribution in [3.63, 3.8) is 0 Å². The molecule has 1 rings (SSSR count). The lowest BCUT2D eigenvalue weighted by Crippen LogP contribution is -1.88. The largest absolute Gasteiger partial charge is 0.392 e. The number of nitriles is 1. The molecule has 1 aromatic rings. The molecule has 1 aromatic heterocycles. The summed E-state index contributed by atoms with van der Waals surface area (Å²) in [5.41, 5.74) is 0.879. The topological polar surface area (TPSA) is 56.9 Å². The van der Waals surface area contributed by atoms with Gasteiger partial charge in [-0.3, -0.25) is 0 Å². The molecular formula is C7H5ClN2O. The summed E-state index contributed by atoms with van der Waals surface area (Å²) < 4.78 is 0. The Morgan fingerprint density at radius 3 is 3.00 bits per heavy atom. The highest BCUT2D eigenvalue weighted by atomic mass is 35.5. The minimum atomic E-state index is -0.126. The zero-order valence-corrected chi connectivity index (χ0v) is 6.34. The number of pyridine rings is 1. The summed E-state index contributed by atoms with van der Waals surface area (Å²) in [6.07, 6.45) is 1.43. The van der Waals surface area contributed by atoms with Gasteiger partial charge in [-0.25, -0.2) is 4.98 Å². The minimum Gasteiger partial charge on any atom is -0.392 e. The maximum Gasteiger partial charge on any atom is 0.146 e. The van der Waals surface area contributed by atoms with Crippen molar-refractivity contribution in [2.75, 3.05) is 0 Å². The molecular weight excluding hydrogens is 164 g/mol. The van der Waals surface area contributed by atoms with Crippen LogP contribution in [-0.4, -0.2) is 10.1 Å². The van der Waals surface area contributed by atoms with E-state index >= 15 is 0 Å². The Balaban J connectivity index is 3.15. The Morgan fingerprint density at radius 2 is 2.45 bits per heavy atom. The molecule has 0 aliphatic carbocycles. The molecule has 0 aliphatic rings. The molecule has 56 valence electrons. The number of hydrogen-bond donors (Lipinski definition) is 1. The molecule has 0 saturated heterocycles. The summed E-state index contributed by atoms with van der Waals surface area (Å²) >= 11 is 5.54. The van der Waals surface area contributed by atoms with E-state index in [2.05, 4.69) is 4.98 Å². The second kappa shape index (κ2) is 3.33. The molecule has 0 aliphatic heterocycles. The molecule has 1 heterocycles. The molecule has 0 radical (unpaired) electrons. The standard InChI is InChI=1S/C7H5ClN2O/c8-7-6(2-9)1-5(4-11)3-10-7/h1,3,11H,4H2. The molecule has 0 unspecified atom stereocenters. The van der Waals surface area contributed by atoms with Crippen LogP contribution in [0.15, 0.2) is 12.3 Å². The van der Waals surface area contributed by atoms with Crippen LogP contribution in [0.1, 0.15) is 11.1 Å². The first-order valence-corrected chi connectivity index (χ1v) is 3.31. The van der Waals surface area contributed by atoms with Gasteiger partial charge >= 0.3 is 0 Å². The average Bonchev–Trinajstić information content (AvgIpc) is 2.05. The fourth-order valence-electron chi connectivity index (χ4n) is 0.656. The van der Waals surface area contributed by atoms with Gasteiger partial charge in [-0.15, -0.1) is 0 Å². The summed E-state index contributed by atoms with van der Waals surface area (Å²) in [4.78, 5) is 3.70. The van der Waals surface area contributed by atoms with Crippen molar-refractivity contribution >= 4 is 11.6 Å². The SMILES string of the molecule is N#Cc1cc(CO)cnc1Cl. The molecule has 0 amide bonds. The molecule has 3 nitrogen and oxygen atoms in total. The van der Waals surface area contributed by atoms with Crippen molar-refractivity contribution in [3.8, 4) is 6.07 Å². The van der Waals surface area contributed by atoms with Crippen molar-refractivity contribution in [2.24, 2.45) is 0 Å². The maximum atomic E-state index is 8.66. The summed E-state index contributed by atoms with van der Waals surface area (Å²) in [6.45, 7) is -0.126. The molecule has 0 fully saturated rings. The highest BCUT2D eigenvalue weighted by molar-refractivity contribution is 6.30. The van der Waals surface area contributed by atoms with Crippen molar-refractivity contribution in [1.29, 1.82) is 5.26 Å². The Bertz CT molecular complexity index is 306. The lowest BCUT2D eigenvalue weighted by atomic mass is 10.2. The minimum absolute atomic E-state index is 0.126. The first-order valence-electron chi connectivity index (χ1n) is 2.93. The third-order valence-electron chi connectivity index (χ3n) is 1.20. The van der Waals surface area contributed by atoms with Crippen LogP contribution >= 0.6 is 11.6 Å². The lowest BCUT2D eigenvalue weighted by molar-refractivity contribution is 0.281. The van der Waals surface area contributed by atoms with Gasteiger partial charge in [0, 0.05) is 6.20 Å². The number of rotatable bonds is 1. The number of hydrogen-bond acceptors (Lipinski definition) is 3. The molecule has 0 aromatic carbocycles. The summed E-state index contributed by atoms with van der Waals surface area (Å²) in [7, 11) is 0. The lowest BCUT2D eigenvalue weighted by Gasteiger charge is -1.96. The second-order valence-electron chi connectivity index (χ2n) is 1.95. The fraction of sp³-hybridized carbons (Fsp3) is 0.143. The third-order valence-corrected chi connectivity index (χ3v) is 1.50. The van der Waals surface area contributed by atoms with E-state index in [0.29, 0.717) is 11.1 Å². The van der Waals surface area contributed by atoms with Crippen LogP contribution in [0.5, 0.6) is 0 Å². The quantitative estimate of drug-likeness (QED) is 0.639. The Hall–Kier alpha value is -1.11. The van der Waals surface area contributed by atoms with Crippen molar-refractivity contribution < 1.29 is 5.11 Å². The number of aliphatic hydroxyl groups excluding tert-OH is 1. The normalized spacial score (nSPS) is 9.18. The highest BCUT2D eigenvalue weighted by Crippen LogP contribution is 2.12. The summed E-state index contributed by atoms with van der Waals surface area (Å²) in [5, 5.41) is 17.3. The van der Waals surface area contributed by atoms with E-state index in [4.69, 9.17) is 22.0 Å². The van der Waals surface area contributed by atoms with E-state index < -0.39 is 0 Å². The zero-order chi connectivity index (χ0) is 8.27. The van der Waals surface area contributed by atoms with E-state index in [1.165, 1.54) is 12.3 Å². The molecule has 1 N–H and O–H groups in total. The smallest absolute Gasteiger partial charge is 0.146 e. The zero-order valence-electron chi connectivity index (χ0n) is 5.58. The fourth-order valence-corrected chi connectivity index (χ4v) is 0.802. The van der Waals surface area contributed by atoms with Gasteiger partial charge < -0.3 is 5.11 Å². The highest BCUT2D eigenvalue weighted by Gasteiger charge is 2.00. The van der Waals surface area contributed by atoms with Gasteiger partial charge in [0.25, 0.3) is 0 Å². The van der Waals surface area contributed by atoms with Gasteiger partial charge in [0.1, 0.15) is 11.2 Å². The molecule has 0 spiro atoms. The predicted molar refractivity (Wildman–Crippen MR) is 39.9 cm³/mol. The Kier molecular flexibility index (Phi) is 2.42. The second-order valence-corrected chi connectivity index (χ2v) is 2.31. The predicted octanol–water partition coefficient (Wildman–Crippen LogP) is 1.10. The molecule has 0 atom stereocenters. The third kappa shape index (κ3) is 1.67. The first-order chi connectivity index (χ1) is 5.27. The van der Waals surface area contributed by atoms with Crippen LogP contribution in [0.25, 0.3) is 0 Å². The molecule has 0 bridgehead atoms. The number of nitrogens with zero attached hydrogens (tertiary/aromatic N) is 2. The Morgan fingerprint density at radius 1 is 1.73 bits per heavy atom. The van der Waals surface area contributed by atoms with Crippen LogP contribution in [0, 0.1) is 11.3 Å². The summed E-state index contributed by atoms with van der Waals surface area (Å²) in [5.74, 6) is 0. The number of halogens is 1. The van der Waals surface area contributed by atoms with E-state index in [9.17, 15) is 0 Å². The average molecular weight is 169 g/mol. The molecule has 0 saturated carbocycles. The van der Waals surface area contributed by atoms with Gasteiger partial charge in [-0.05, 0) is 11.6 Å². The van der Waals surface area contributed by atoms with E-state index in [1.54, 1.807) is 0 Å². The molecule has 11 heavy (non-hydrogen) atoms. The van der Waals surface area contributed by atoms with Gasteiger partial charge in [0.05, 0.1) is 12.2 Å². The maximum absolute atomic E-state index is 8.66. The van der Waals surface area contributed by atoms with Crippen LogP contribution in [0.3, 0.4) is 0 Å². The van der Waals surface area contributed by atoms with Gasteiger partial charge in [-0.1, -0.05) is 11.6 Å². The van der Waals surface area contributed by atoms with Crippen LogP contribution < -0.4 is 0 Å². The van der Waals surface area contributed by atoms with Gasteiger partial charge in [0.2, 0.25) is 0 Å². The number of aromatic nitrogens is 1.